The Morgan fingerprint density at radius 1 is 1.33 bits per heavy atom. The number of pyridine rings is 1. The van der Waals surface area contributed by atoms with E-state index in [1.165, 1.54) is 24.8 Å². The molecule has 0 aliphatic rings. The minimum atomic E-state index is -0.126. The Morgan fingerprint density at radius 3 is 2.78 bits per heavy atom. The standard InChI is InChI=1S/C13H21N3OS/c1-18-9-5-3-2-4-8-15-13(17)12-7-6-11(14)10-16-12/h6-7,10H,2-5,8-9,14H2,1H3,(H,15,17). The molecular weight excluding hydrogens is 246 g/mol. The first-order valence-electron chi connectivity index (χ1n) is 6.22. The van der Waals surface area contributed by atoms with Gasteiger partial charge >= 0.3 is 0 Å². The van der Waals surface area contributed by atoms with Crippen LogP contribution in [-0.4, -0.2) is 29.4 Å². The highest BCUT2D eigenvalue weighted by Gasteiger charge is 2.05. The zero-order valence-electron chi connectivity index (χ0n) is 10.8. The van der Waals surface area contributed by atoms with Crippen LogP contribution >= 0.6 is 11.8 Å². The van der Waals surface area contributed by atoms with Crippen LogP contribution in [0.4, 0.5) is 5.69 Å². The number of hydrogen-bond acceptors (Lipinski definition) is 4. The first-order valence-corrected chi connectivity index (χ1v) is 7.62. The van der Waals surface area contributed by atoms with E-state index in [1.807, 2.05) is 11.8 Å². The molecule has 0 aliphatic carbocycles. The van der Waals surface area contributed by atoms with Crippen LogP contribution in [0, 0.1) is 0 Å². The molecule has 4 nitrogen and oxygen atoms in total. The van der Waals surface area contributed by atoms with E-state index >= 15 is 0 Å². The van der Waals surface area contributed by atoms with Crippen LogP contribution in [0.2, 0.25) is 0 Å². The van der Waals surface area contributed by atoms with Gasteiger partial charge < -0.3 is 11.1 Å². The molecule has 1 rings (SSSR count). The smallest absolute Gasteiger partial charge is 0.269 e. The van der Waals surface area contributed by atoms with E-state index in [2.05, 4.69) is 16.6 Å². The molecule has 0 spiro atoms. The number of nitrogen functional groups attached to an aromatic ring is 1. The molecule has 0 aliphatic heterocycles. The Kier molecular flexibility index (Phi) is 7.25. The summed E-state index contributed by atoms with van der Waals surface area (Å²) in [6.07, 6.45) is 8.30. The van der Waals surface area contributed by atoms with Gasteiger partial charge in [-0.15, -0.1) is 0 Å². The molecule has 18 heavy (non-hydrogen) atoms. The van der Waals surface area contributed by atoms with Gasteiger partial charge in [-0.3, -0.25) is 4.79 Å². The van der Waals surface area contributed by atoms with Crippen LogP contribution in [0.15, 0.2) is 18.3 Å². The molecule has 0 saturated heterocycles. The number of amides is 1. The molecule has 1 aromatic rings. The Balaban J connectivity index is 2.12. The maximum atomic E-state index is 11.7. The van der Waals surface area contributed by atoms with Crippen molar-refractivity contribution in [2.45, 2.75) is 25.7 Å². The quantitative estimate of drug-likeness (QED) is 0.709. The summed E-state index contributed by atoms with van der Waals surface area (Å²) in [4.78, 5) is 15.7. The molecule has 0 atom stereocenters. The summed E-state index contributed by atoms with van der Waals surface area (Å²) in [6.45, 7) is 0.712. The minimum absolute atomic E-state index is 0.126. The average molecular weight is 267 g/mol. The highest BCUT2D eigenvalue weighted by Crippen LogP contribution is 2.04. The fourth-order valence-corrected chi connectivity index (χ4v) is 2.05. The number of nitrogens with two attached hydrogens (primary N) is 1. The molecule has 1 heterocycles. The van der Waals surface area contributed by atoms with E-state index in [0.29, 0.717) is 17.9 Å². The van der Waals surface area contributed by atoms with Gasteiger partial charge in [-0.05, 0) is 37.0 Å². The van der Waals surface area contributed by atoms with Crippen LogP contribution in [0.5, 0.6) is 0 Å². The number of unbranched alkanes of at least 4 members (excludes halogenated alkanes) is 3. The maximum Gasteiger partial charge on any atom is 0.269 e. The molecule has 0 aromatic carbocycles. The van der Waals surface area contributed by atoms with Gasteiger partial charge in [0.1, 0.15) is 5.69 Å². The van der Waals surface area contributed by atoms with Gasteiger partial charge in [-0.25, -0.2) is 4.98 Å². The largest absolute Gasteiger partial charge is 0.397 e. The number of anilines is 1. The maximum absolute atomic E-state index is 11.7. The fraction of sp³-hybridized carbons (Fsp3) is 0.538. The fourth-order valence-electron chi connectivity index (χ4n) is 1.56. The molecular formula is C13H21N3OS. The van der Waals surface area contributed by atoms with Gasteiger partial charge in [0.15, 0.2) is 0 Å². The first kappa shape index (κ1) is 14.8. The molecule has 0 radical (unpaired) electrons. The van der Waals surface area contributed by atoms with Gasteiger partial charge in [-0.1, -0.05) is 12.8 Å². The lowest BCUT2D eigenvalue weighted by molar-refractivity contribution is 0.0948. The topological polar surface area (TPSA) is 68.0 Å². The van der Waals surface area contributed by atoms with Crippen molar-refractivity contribution in [3.8, 4) is 0 Å². The molecule has 0 saturated carbocycles. The lowest BCUT2D eigenvalue weighted by atomic mass is 10.2. The summed E-state index contributed by atoms with van der Waals surface area (Å²) >= 11 is 1.88. The van der Waals surface area contributed by atoms with Crippen molar-refractivity contribution in [3.63, 3.8) is 0 Å². The zero-order valence-corrected chi connectivity index (χ0v) is 11.6. The number of rotatable bonds is 8. The van der Waals surface area contributed by atoms with Crippen LogP contribution in [0.3, 0.4) is 0 Å². The molecule has 0 bridgehead atoms. The number of hydrogen-bond donors (Lipinski definition) is 2. The Labute approximate surface area is 113 Å². The highest BCUT2D eigenvalue weighted by atomic mass is 32.2. The Bertz CT molecular complexity index is 354. The van der Waals surface area contributed by atoms with Gasteiger partial charge in [0.25, 0.3) is 5.91 Å². The summed E-state index contributed by atoms with van der Waals surface area (Å²) in [5.41, 5.74) is 6.50. The van der Waals surface area contributed by atoms with E-state index in [1.54, 1.807) is 12.1 Å². The SMILES string of the molecule is CSCCCCCCNC(=O)c1ccc(N)cn1. The van der Waals surface area contributed by atoms with E-state index in [0.717, 1.165) is 12.8 Å². The molecule has 1 aromatic heterocycles. The predicted molar refractivity (Wildman–Crippen MR) is 77.8 cm³/mol. The van der Waals surface area contributed by atoms with Crippen molar-refractivity contribution in [2.75, 3.05) is 24.3 Å². The van der Waals surface area contributed by atoms with Crippen molar-refractivity contribution in [3.05, 3.63) is 24.0 Å². The molecule has 5 heteroatoms. The minimum Gasteiger partial charge on any atom is -0.397 e. The lowest BCUT2D eigenvalue weighted by Gasteiger charge is -2.04. The van der Waals surface area contributed by atoms with Crippen molar-refractivity contribution in [1.29, 1.82) is 0 Å². The second-order valence-electron chi connectivity index (χ2n) is 4.14. The molecule has 1 amide bonds. The zero-order chi connectivity index (χ0) is 13.2. The lowest BCUT2D eigenvalue weighted by Crippen LogP contribution is -2.25. The van der Waals surface area contributed by atoms with Gasteiger partial charge in [0.2, 0.25) is 0 Å². The van der Waals surface area contributed by atoms with Gasteiger partial charge in [-0.2, -0.15) is 11.8 Å². The van der Waals surface area contributed by atoms with Crippen molar-refractivity contribution < 1.29 is 4.79 Å². The second kappa shape index (κ2) is 8.80. The van der Waals surface area contributed by atoms with Crippen LogP contribution in [0.25, 0.3) is 0 Å². The van der Waals surface area contributed by atoms with E-state index < -0.39 is 0 Å². The van der Waals surface area contributed by atoms with Crippen molar-refractivity contribution >= 4 is 23.4 Å². The van der Waals surface area contributed by atoms with Crippen LogP contribution in [0.1, 0.15) is 36.2 Å². The number of carbonyl (C=O) groups is 1. The summed E-state index contributed by atoms with van der Waals surface area (Å²) in [5, 5.41) is 2.86. The van der Waals surface area contributed by atoms with E-state index in [-0.39, 0.29) is 5.91 Å². The molecule has 3 N–H and O–H groups in total. The third-order valence-electron chi connectivity index (χ3n) is 2.58. The summed E-state index contributed by atoms with van der Waals surface area (Å²) in [6, 6.07) is 3.33. The summed E-state index contributed by atoms with van der Waals surface area (Å²) < 4.78 is 0. The summed E-state index contributed by atoms with van der Waals surface area (Å²) in [7, 11) is 0. The average Bonchev–Trinajstić information content (AvgIpc) is 2.38. The molecule has 0 fully saturated rings. The number of carbonyl (C=O) groups excluding carboxylic acids is 1. The highest BCUT2D eigenvalue weighted by molar-refractivity contribution is 7.98. The third kappa shape index (κ3) is 5.91. The second-order valence-corrected chi connectivity index (χ2v) is 5.13. The predicted octanol–water partition coefficient (Wildman–Crippen LogP) is 2.32. The first-order chi connectivity index (χ1) is 8.74. The van der Waals surface area contributed by atoms with Crippen molar-refractivity contribution in [1.82, 2.24) is 10.3 Å². The van der Waals surface area contributed by atoms with Gasteiger partial charge in [0, 0.05) is 6.54 Å². The van der Waals surface area contributed by atoms with E-state index in [9.17, 15) is 4.79 Å². The number of aromatic nitrogens is 1. The van der Waals surface area contributed by atoms with Crippen LogP contribution < -0.4 is 11.1 Å². The third-order valence-corrected chi connectivity index (χ3v) is 3.28. The monoisotopic (exact) mass is 267 g/mol. The molecule has 0 unspecified atom stereocenters. The van der Waals surface area contributed by atoms with Crippen LogP contribution in [-0.2, 0) is 0 Å². The Hall–Kier alpha value is -1.23. The van der Waals surface area contributed by atoms with E-state index in [4.69, 9.17) is 5.73 Å². The number of nitrogens with zero attached hydrogens (tertiary/aromatic N) is 1. The molecule has 100 valence electrons. The number of thioether (sulfide) groups is 1. The van der Waals surface area contributed by atoms with Crippen molar-refractivity contribution in [2.24, 2.45) is 0 Å². The van der Waals surface area contributed by atoms with Gasteiger partial charge in [0.05, 0.1) is 11.9 Å². The Morgan fingerprint density at radius 2 is 2.11 bits per heavy atom. The number of nitrogens with one attached hydrogen (secondary N) is 1. The summed E-state index contributed by atoms with van der Waals surface area (Å²) in [5.74, 6) is 1.10. The normalized spacial score (nSPS) is 10.3.